The second-order valence-electron chi connectivity index (χ2n) is 3.83. The number of ether oxygens (including phenoxy) is 1. The topological polar surface area (TPSA) is 61.3 Å². The molecular formula is C13H12F2N2O. The van der Waals surface area contributed by atoms with Gasteiger partial charge >= 0.3 is 0 Å². The van der Waals surface area contributed by atoms with Crippen LogP contribution in [0.2, 0.25) is 0 Å². The third-order valence-corrected chi connectivity index (χ3v) is 2.45. The van der Waals surface area contributed by atoms with Gasteiger partial charge in [-0.05, 0) is 29.8 Å². The van der Waals surface area contributed by atoms with Gasteiger partial charge < -0.3 is 16.2 Å². The average Bonchev–Trinajstić information content (AvgIpc) is 2.35. The number of anilines is 2. The van der Waals surface area contributed by atoms with Crippen LogP contribution in [0, 0.1) is 11.6 Å². The Morgan fingerprint density at radius 2 is 1.67 bits per heavy atom. The number of hydrogen-bond donors (Lipinski definition) is 2. The number of benzene rings is 2. The minimum Gasteiger partial charge on any atom is -0.489 e. The maximum absolute atomic E-state index is 13.0. The molecule has 0 saturated carbocycles. The summed E-state index contributed by atoms with van der Waals surface area (Å²) in [5.41, 5.74) is 12.6. The third-order valence-electron chi connectivity index (χ3n) is 2.45. The molecule has 0 aromatic heterocycles. The van der Waals surface area contributed by atoms with E-state index in [1.807, 2.05) is 0 Å². The first-order valence-electron chi connectivity index (χ1n) is 5.28. The summed E-state index contributed by atoms with van der Waals surface area (Å²) in [7, 11) is 0. The van der Waals surface area contributed by atoms with Gasteiger partial charge in [0.1, 0.15) is 12.4 Å². The van der Waals surface area contributed by atoms with Crippen LogP contribution in [0.5, 0.6) is 5.75 Å². The Morgan fingerprint density at radius 3 is 2.33 bits per heavy atom. The first-order valence-corrected chi connectivity index (χ1v) is 5.28. The van der Waals surface area contributed by atoms with Crippen molar-refractivity contribution in [2.45, 2.75) is 6.61 Å². The first kappa shape index (κ1) is 12.2. The molecule has 0 bridgehead atoms. The van der Waals surface area contributed by atoms with E-state index < -0.39 is 11.6 Å². The van der Waals surface area contributed by atoms with Gasteiger partial charge in [-0.2, -0.15) is 0 Å². The molecule has 0 unspecified atom stereocenters. The van der Waals surface area contributed by atoms with E-state index in [2.05, 4.69) is 0 Å². The van der Waals surface area contributed by atoms with Crippen molar-refractivity contribution in [1.82, 2.24) is 0 Å². The van der Waals surface area contributed by atoms with Gasteiger partial charge in [0.2, 0.25) is 0 Å². The zero-order valence-electron chi connectivity index (χ0n) is 9.49. The van der Waals surface area contributed by atoms with E-state index in [0.29, 0.717) is 22.7 Å². The lowest BCUT2D eigenvalue weighted by atomic mass is 10.2. The fourth-order valence-corrected chi connectivity index (χ4v) is 1.44. The number of rotatable bonds is 3. The summed E-state index contributed by atoms with van der Waals surface area (Å²) < 4.78 is 31.1. The summed E-state index contributed by atoms with van der Waals surface area (Å²) in [6, 6.07) is 8.47. The van der Waals surface area contributed by atoms with Crippen molar-refractivity contribution < 1.29 is 13.5 Å². The van der Waals surface area contributed by atoms with Crippen molar-refractivity contribution >= 4 is 11.4 Å². The lowest BCUT2D eigenvalue weighted by Crippen LogP contribution is -1.99. The van der Waals surface area contributed by atoms with Gasteiger partial charge in [-0.3, -0.25) is 0 Å². The molecule has 0 aliphatic rings. The molecule has 0 spiro atoms. The maximum atomic E-state index is 13.0. The van der Waals surface area contributed by atoms with E-state index in [1.165, 1.54) is 6.07 Å². The fraction of sp³-hybridized carbons (Fsp3) is 0.0769. The monoisotopic (exact) mass is 250 g/mol. The Labute approximate surface area is 103 Å². The van der Waals surface area contributed by atoms with E-state index in [1.54, 1.807) is 18.2 Å². The molecule has 5 heteroatoms. The van der Waals surface area contributed by atoms with E-state index in [0.717, 1.165) is 12.1 Å². The summed E-state index contributed by atoms with van der Waals surface area (Å²) in [4.78, 5) is 0. The van der Waals surface area contributed by atoms with Gasteiger partial charge in [-0.1, -0.05) is 6.07 Å². The molecule has 2 aromatic carbocycles. The second-order valence-corrected chi connectivity index (χ2v) is 3.83. The zero-order chi connectivity index (χ0) is 13.1. The summed E-state index contributed by atoms with van der Waals surface area (Å²) in [5, 5.41) is 0. The van der Waals surface area contributed by atoms with E-state index in [4.69, 9.17) is 16.2 Å². The summed E-state index contributed by atoms with van der Waals surface area (Å²) in [6.45, 7) is 0.126. The molecule has 94 valence electrons. The highest BCUT2D eigenvalue weighted by atomic mass is 19.2. The van der Waals surface area contributed by atoms with E-state index >= 15 is 0 Å². The number of hydrogen-bond acceptors (Lipinski definition) is 3. The average molecular weight is 250 g/mol. The lowest BCUT2D eigenvalue weighted by molar-refractivity contribution is 0.305. The Bertz CT molecular complexity index is 521. The Balaban J connectivity index is 2.06. The third kappa shape index (κ3) is 2.68. The summed E-state index contributed by atoms with van der Waals surface area (Å²) in [6.07, 6.45) is 0. The first-order chi connectivity index (χ1) is 8.56. The molecular weight excluding hydrogens is 238 g/mol. The van der Waals surface area contributed by atoms with Gasteiger partial charge in [-0.25, -0.2) is 8.78 Å². The van der Waals surface area contributed by atoms with Gasteiger partial charge in [0, 0.05) is 6.07 Å². The van der Waals surface area contributed by atoms with Crippen molar-refractivity contribution in [3.63, 3.8) is 0 Å². The number of halogens is 2. The molecule has 0 saturated heterocycles. The van der Waals surface area contributed by atoms with Crippen LogP contribution in [-0.2, 0) is 6.61 Å². The fourth-order valence-electron chi connectivity index (χ4n) is 1.44. The highest BCUT2D eigenvalue weighted by Gasteiger charge is 2.04. The quantitative estimate of drug-likeness (QED) is 0.823. The van der Waals surface area contributed by atoms with Crippen LogP contribution in [0.1, 0.15) is 5.56 Å². The highest BCUT2D eigenvalue weighted by Crippen LogP contribution is 2.22. The smallest absolute Gasteiger partial charge is 0.159 e. The lowest BCUT2D eigenvalue weighted by Gasteiger charge is -2.08. The van der Waals surface area contributed by atoms with Crippen molar-refractivity contribution in [3.8, 4) is 5.75 Å². The van der Waals surface area contributed by atoms with Crippen LogP contribution >= 0.6 is 0 Å². The predicted octanol–water partition coefficient (Wildman–Crippen LogP) is 2.71. The second kappa shape index (κ2) is 4.91. The number of nitrogen functional groups attached to an aromatic ring is 2. The predicted molar refractivity (Wildman–Crippen MR) is 66.0 cm³/mol. The minimum absolute atomic E-state index is 0.126. The zero-order valence-corrected chi connectivity index (χ0v) is 9.49. The number of nitrogens with two attached hydrogens (primary N) is 2. The van der Waals surface area contributed by atoms with Gasteiger partial charge in [-0.15, -0.1) is 0 Å². The van der Waals surface area contributed by atoms with Crippen LogP contribution in [-0.4, -0.2) is 0 Å². The Hall–Kier alpha value is -2.30. The summed E-state index contributed by atoms with van der Waals surface area (Å²) in [5.74, 6) is -1.25. The van der Waals surface area contributed by atoms with Crippen molar-refractivity contribution in [2.24, 2.45) is 0 Å². The molecule has 0 atom stereocenters. The Kier molecular flexibility index (Phi) is 3.32. The van der Waals surface area contributed by atoms with Crippen LogP contribution in [0.25, 0.3) is 0 Å². The van der Waals surface area contributed by atoms with Gasteiger partial charge in [0.25, 0.3) is 0 Å². The molecule has 0 amide bonds. The van der Waals surface area contributed by atoms with Crippen LogP contribution in [0.4, 0.5) is 20.2 Å². The highest BCUT2D eigenvalue weighted by molar-refractivity contribution is 5.65. The van der Waals surface area contributed by atoms with Crippen LogP contribution in [0.15, 0.2) is 36.4 Å². The molecule has 2 rings (SSSR count). The molecule has 0 fully saturated rings. The van der Waals surface area contributed by atoms with Crippen molar-refractivity contribution in [3.05, 3.63) is 53.6 Å². The SMILES string of the molecule is Nc1ccc(OCc2ccc(F)c(F)c2)cc1N. The molecule has 0 heterocycles. The normalized spacial score (nSPS) is 10.3. The van der Waals surface area contributed by atoms with Crippen molar-refractivity contribution in [1.29, 1.82) is 0 Å². The van der Waals surface area contributed by atoms with Crippen molar-refractivity contribution in [2.75, 3.05) is 11.5 Å². The molecule has 0 radical (unpaired) electrons. The van der Waals surface area contributed by atoms with E-state index in [-0.39, 0.29) is 6.61 Å². The molecule has 4 N–H and O–H groups in total. The minimum atomic E-state index is -0.895. The van der Waals surface area contributed by atoms with Gasteiger partial charge in [0.15, 0.2) is 11.6 Å². The van der Waals surface area contributed by atoms with Crippen LogP contribution in [0.3, 0.4) is 0 Å². The molecule has 3 nitrogen and oxygen atoms in total. The standard InChI is InChI=1S/C13H12F2N2O/c14-10-3-1-8(5-11(10)15)7-18-9-2-4-12(16)13(17)6-9/h1-6H,7,16-17H2. The van der Waals surface area contributed by atoms with E-state index in [9.17, 15) is 8.78 Å². The largest absolute Gasteiger partial charge is 0.489 e. The molecule has 18 heavy (non-hydrogen) atoms. The Morgan fingerprint density at radius 1 is 0.889 bits per heavy atom. The van der Waals surface area contributed by atoms with Gasteiger partial charge in [0.05, 0.1) is 11.4 Å². The molecule has 2 aromatic rings. The molecule has 0 aliphatic carbocycles. The van der Waals surface area contributed by atoms with Crippen LogP contribution < -0.4 is 16.2 Å². The molecule has 0 aliphatic heterocycles. The maximum Gasteiger partial charge on any atom is 0.159 e. The summed E-state index contributed by atoms with van der Waals surface area (Å²) >= 11 is 0.